The first-order valence-electron chi connectivity index (χ1n) is 2.45. The Hall–Kier alpha value is -0.120. The second kappa shape index (κ2) is 2.26. The molecule has 3 nitrogen and oxygen atoms in total. The largest absolute Gasteiger partial charge is 0.376 e. The molecule has 0 bridgehead atoms. The lowest BCUT2D eigenvalue weighted by Crippen LogP contribution is -2.43. The van der Waals surface area contributed by atoms with Gasteiger partial charge in [0.15, 0.2) is 0 Å². The van der Waals surface area contributed by atoms with Crippen LogP contribution in [0.15, 0.2) is 0 Å². The third-order valence-electron chi connectivity index (χ3n) is 0.955. The van der Waals surface area contributed by atoms with Crippen LogP contribution in [-0.4, -0.2) is 31.0 Å². The molecule has 1 saturated heterocycles. The van der Waals surface area contributed by atoms with Gasteiger partial charge in [0.2, 0.25) is 0 Å². The molecule has 1 aliphatic rings. The zero-order chi connectivity index (χ0) is 5.11. The molecule has 1 atom stereocenters. The molecular formula is C4H9N2O. The molecule has 3 heteroatoms. The van der Waals surface area contributed by atoms with E-state index in [2.05, 4.69) is 10.6 Å². The molecule has 0 amide bonds. The van der Waals surface area contributed by atoms with Crippen LogP contribution in [0.3, 0.4) is 0 Å². The highest BCUT2D eigenvalue weighted by Gasteiger charge is 2.06. The minimum Gasteiger partial charge on any atom is -0.376 e. The molecule has 1 heterocycles. The number of hydrogen-bond acceptors (Lipinski definition) is 2. The van der Waals surface area contributed by atoms with Crippen LogP contribution < -0.4 is 10.6 Å². The third-order valence-corrected chi connectivity index (χ3v) is 0.955. The van der Waals surface area contributed by atoms with E-state index < -0.39 is 6.23 Å². The highest BCUT2D eigenvalue weighted by atomic mass is 16.3. The summed E-state index contributed by atoms with van der Waals surface area (Å²) in [4.78, 5) is 0. The van der Waals surface area contributed by atoms with Gasteiger partial charge in [-0.3, -0.25) is 0 Å². The van der Waals surface area contributed by atoms with Gasteiger partial charge in [-0.15, -0.1) is 0 Å². The number of piperazine rings is 1. The Morgan fingerprint density at radius 3 is 2.86 bits per heavy atom. The van der Waals surface area contributed by atoms with Crippen molar-refractivity contribution in [1.29, 1.82) is 0 Å². The summed E-state index contributed by atoms with van der Waals surface area (Å²) in [6.45, 7) is 2.29. The van der Waals surface area contributed by atoms with Crippen LogP contribution in [0.2, 0.25) is 0 Å². The van der Waals surface area contributed by atoms with E-state index in [9.17, 15) is 0 Å². The van der Waals surface area contributed by atoms with Crippen molar-refractivity contribution in [3.8, 4) is 0 Å². The number of β-amino-alcohol motifs (C(OH)–C–C–N with tert-alkyl or cyclic N) is 1. The van der Waals surface area contributed by atoms with Crippen LogP contribution in [0.4, 0.5) is 0 Å². The Kier molecular flexibility index (Phi) is 1.62. The Labute approximate surface area is 42.7 Å². The van der Waals surface area contributed by atoms with Crippen molar-refractivity contribution in [1.82, 2.24) is 10.6 Å². The maximum absolute atomic E-state index is 8.68. The average Bonchev–Trinajstić information content (AvgIpc) is 1.69. The van der Waals surface area contributed by atoms with E-state index in [0.717, 1.165) is 13.1 Å². The van der Waals surface area contributed by atoms with Crippen LogP contribution in [0, 0.1) is 0 Å². The first kappa shape index (κ1) is 5.03. The van der Waals surface area contributed by atoms with E-state index in [-0.39, 0.29) is 0 Å². The maximum Gasteiger partial charge on any atom is 0.132 e. The van der Waals surface area contributed by atoms with Gasteiger partial charge in [-0.2, -0.15) is 0 Å². The van der Waals surface area contributed by atoms with Crippen molar-refractivity contribution in [2.45, 2.75) is 6.23 Å². The van der Waals surface area contributed by atoms with E-state index in [1.807, 2.05) is 0 Å². The highest BCUT2D eigenvalue weighted by molar-refractivity contribution is 4.63. The minimum absolute atomic E-state index is 0.450. The third kappa shape index (κ3) is 1.43. The number of aliphatic hydroxyl groups is 1. The van der Waals surface area contributed by atoms with Crippen molar-refractivity contribution >= 4 is 0 Å². The summed E-state index contributed by atoms with van der Waals surface area (Å²) in [5.74, 6) is 0. The topological polar surface area (TPSA) is 46.4 Å². The van der Waals surface area contributed by atoms with Crippen molar-refractivity contribution in [2.24, 2.45) is 0 Å². The second-order valence-corrected chi connectivity index (χ2v) is 1.59. The molecule has 0 aromatic carbocycles. The van der Waals surface area contributed by atoms with E-state index in [1.165, 1.54) is 0 Å². The molecule has 1 aliphatic heterocycles. The molecule has 41 valence electrons. The van der Waals surface area contributed by atoms with E-state index in [1.54, 1.807) is 0 Å². The minimum atomic E-state index is -0.450. The molecule has 1 unspecified atom stereocenters. The maximum atomic E-state index is 8.68. The molecule has 0 aromatic rings. The lowest BCUT2D eigenvalue weighted by Gasteiger charge is -2.16. The van der Waals surface area contributed by atoms with Gasteiger partial charge in [0.1, 0.15) is 6.23 Å². The molecule has 2 N–H and O–H groups in total. The number of aliphatic hydroxyl groups excluding tert-OH is 1. The van der Waals surface area contributed by atoms with E-state index >= 15 is 0 Å². The molecule has 1 radical (unpaired) electrons. The fourth-order valence-electron chi connectivity index (χ4n) is 0.588. The molecule has 0 aliphatic carbocycles. The molecule has 0 aromatic heterocycles. The lowest BCUT2D eigenvalue weighted by molar-refractivity contribution is 0.115. The SMILES string of the molecule is OC1CNCC[N]1. The van der Waals surface area contributed by atoms with Gasteiger partial charge >= 0.3 is 0 Å². The van der Waals surface area contributed by atoms with Gasteiger partial charge < -0.3 is 10.4 Å². The molecule has 0 spiro atoms. The first-order chi connectivity index (χ1) is 3.39. The average molecular weight is 101 g/mol. The zero-order valence-corrected chi connectivity index (χ0v) is 4.09. The van der Waals surface area contributed by atoms with E-state index in [0.29, 0.717) is 6.54 Å². The van der Waals surface area contributed by atoms with Gasteiger partial charge in [-0.1, -0.05) is 0 Å². The summed E-state index contributed by atoms with van der Waals surface area (Å²) in [5, 5.41) is 15.5. The van der Waals surface area contributed by atoms with Crippen molar-refractivity contribution in [3.05, 3.63) is 0 Å². The van der Waals surface area contributed by atoms with Gasteiger partial charge in [-0.05, 0) is 0 Å². The van der Waals surface area contributed by atoms with Crippen LogP contribution >= 0.6 is 0 Å². The summed E-state index contributed by atoms with van der Waals surface area (Å²) in [6.07, 6.45) is -0.450. The van der Waals surface area contributed by atoms with Crippen LogP contribution in [0.1, 0.15) is 0 Å². The number of hydrogen-bond donors (Lipinski definition) is 2. The monoisotopic (exact) mass is 101 g/mol. The zero-order valence-electron chi connectivity index (χ0n) is 4.09. The molecule has 1 fully saturated rings. The summed E-state index contributed by atoms with van der Waals surface area (Å²) in [5.41, 5.74) is 0. The Morgan fingerprint density at radius 1 is 1.71 bits per heavy atom. The number of nitrogens with one attached hydrogen (secondary N) is 1. The Morgan fingerprint density at radius 2 is 2.57 bits per heavy atom. The quantitative estimate of drug-likeness (QED) is 0.390. The summed E-state index contributed by atoms with van der Waals surface area (Å²) in [6, 6.07) is 0. The van der Waals surface area contributed by atoms with Gasteiger partial charge in [0.25, 0.3) is 0 Å². The van der Waals surface area contributed by atoms with Crippen molar-refractivity contribution < 1.29 is 5.11 Å². The normalized spacial score (nSPS) is 33.0. The van der Waals surface area contributed by atoms with Gasteiger partial charge in [0, 0.05) is 19.6 Å². The summed E-state index contributed by atoms with van der Waals surface area (Å²) < 4.78 is 0. The van der Waals surface area contributed by atoms with Crippen LogP contribution in [-0.2, 0) is 0 Å². The fourth-order valence-corrected chi connectivity index (χ4v) is 0.588. The fraction of sp³-hybridized carbons (Fsp3) is 1.00. The first-order valence-corrected chi connectivity index (χ1v) is 2.45. The second-order valence-electron chi connectivity index (χ2n) is 1.59. The van der Waals surface area contributed by atoms with Gasteiger partial charge in [0.05, 0.1) is 0 Å². The van der Waals surface area contributed by atoms with Crippen LogP contribution in [0.25, 0.3) is 0 Å². The molecule has 1 rings (SSSR count). The van der Waals surface area contributed by atoms with Crippen molar-refractivity contribution in [2.75, 3.05) is 19.6 Å². The predicted octanol–water partition coefficient (Wildman–Crippen LogP) is -1.49. The standard InChI is InChI=1S/C4H9N2O/c7-4-3-5-1-2-6-4/h4-5,7H,1-3H2. The lowest BCUT2D eigenvalue weighted by atomic mass is 10.4. The highest BCUT2D eigenvalue weighted by Crippen LogP contribution is 1.80. The summed E-state index contributed by atoms with van der Waals surface area (Å²) in [7, 11) is 0. The van der Waals surface area contributed by atoms with E-state index in [4.69, 9.17) is 5.11 Å². The van der Waals surface area contributed by atoms with Gasteiger partial charge in [-0.25, -0.2) is 5.32 Å². The smallest absolute Gasteiger partial charge is 0.132 e. The molecule has 0 saturated carbocycles. The predicted molar refractivity (Wildman–Crippen MR) is 25.9 cm³/mol. The Bertz CT molecular complexity index is 51.7. The summed E-state index contributed by atoms with van der Waals surface area (Å²) >= 11 is 0. The van der Waals surface area contributed by atoms with Crippen molar-refractivity contribution in [3.63, 3.8) is 0 Å². The number of rotatable bonds is 0. The molecular weight excluding hydrogens is 92.1 g/mol. The number of nitrogens with zero attached hydrogens (tertiary/aromatic N) is 1. The van der Waals surface area contributed by atoms with Crippen LogP contribution in [0.5, 0.6) is 0 Å². The Balaban J connectivity index is 2.12. The molecule has 7 heavy (non-hydrogen) atoms.